The van der Waals surface area contributed by atoms with Crippen LogP contribution in [0.1, 0.15) is 32.6 Å². The SMILES string of the molecule is CCC1CCN(S(=O)(=O)c2cnn(CCNC3CC3)c2)C1. The molecule has 0 amide bonds. The molecule has 2 aliphatic rings. The summed E-state index contributed by atoms with van der Waals surface area (Å²) in [6.45, 7) is 4.95. The quantitative estimate of drug-likeness (QED) is 0.817. The lowest BCUT2D eigenvalue weighted by molar-refractivity contribution is 0.452. The van der Waals surface area contributed by atoms with Crippen molar-refractivity contribution in [3.8, 4) is 0 Å². The molecule has 2 fully saturated rings. The van der Waals surface area contributed by atoms with Crippen molar-refractivity contribution in [3.63, 3.8) is 0 Å². The van der Waals surface area contributed by atoms with Crippen molar-refractivity contribution in [2.45, 2.75) is 50.1 Å². The zero-order valence-electron chi connectivity index (χ0n) is 12.5. The van der Waals surface area contributed by atoms with E-state index in [1.807, 2.05) is 0 Å². The topological polar surface area (TPSA) is 67.2 Å². The molecule has 3 rings (SSSR count). The van der Waals surface area contributed by atoms with E-state index in [9.17, 15) is 8.42 Å². The standard InChI is InChI=1S/C14H24N4O2S/c1-2-12-5-7-18(10-12)21(19,20)14-9-16-17(11-14)8-6-15-13-3-4-13/h9,11-13,15H,2-8,10H2,1H3. The summed E-state index contributed by atoms with van der Waals surface area (Å²) in [4.78, 5) is 0.325. The number of hydrogen-bond acceptors (Lipinski definition) is 4. The Balaban J connectivity index is 1.61. The summed E-state index contributed by atoms with van der Waals surface area (Å²) in [6.07, 6.45) is 7.65. The predicted molar refractivity (Wildman–Crippen MR) is 80.4 cm³/mol. The van der Waals surface area contributed by atoms with Gasteiger partial charge >= 0.3 is 0 Å². The Morgan fingerprint density at radius 3 is 2.86 bits per heavy atom. The van der Waals surface area contributed by atoms with Crippen LogP contribution in [0.15, 0.2) is 17.3 Å². The molecule has 1 N–H and O–H groups in total. The van der Waals surface area contributed by atoms with E-state index in [1.165, 1.54) is 19.0 Å². The molecular weight excluding hydrogens is 288 g/mol. The molecule has 0 radical (unpaired) electrons. The smallest absolute Gasteiger partial charge is 0.246 e. The van der Waals surface area contributed by atoms with Crippen LogP contribution < -0.4 is 5.32 Å². The third-order valence-electron chi connectivity index (χ3n) is 4.42. The van der Waals surface area contributed by atoms with E-state index in [4.69, 9.17) is 0 Å². The van der Waals surface area contributed by atoms with E-state index in [0.29, 0.717) is 36.5 Å². The highest BCUT2D eigenvalue weighted by molar-refractivity contribution is 7.89. The molecule has 0 bridgehead atoms. The highest BCUT2D eigenvalue weighted by Gasteiger charge is 2.32. The van der Waals surface area contributed by atoms with Crippen molar-refractivity contribution >= 4 is 10.0 Å². The van der Waals surface area contributed by atoms with Gasteiger partial charge in [-0.25, -0.2) is 8.42 Å². The van der Waals surface area contributed by atoms with Gasteiger partial charge in [0.15, 0.2) is 0 Å². The second-order valence-electron chi connectivity index (χ2n) is 6.09. The van der Waals surface area contributed by atoms with Gasteiger partial charge in [0.25, 0.3) is 0 Å². The van der Waals surface area contributed by atoms with Crippen molar-refractivity contribution in [2.75, 3.05) is 19.6 Å². The zero-order chi connectivity index (χ0) is 14.9. The summed E-state index contributed by atoms with van der Waals surface area (Å²) in [5.74, 6) is 0.498. The van der Waals surface area contributed by atoms with Crippen molar-refractivity contribution < 1.29 is 8.42 Å². The number of sulfonamides is 1. The average molecular weight is 312 g/mol. The molecule has 7 heteroatoms. The van der Waals surface area contributed by atoms with E-state index in [0.717, 1.165) is 19.4 Å². The molecule has 2 heterocycles. The maximum atomic E-state index is 12.6. The molecule has 118 valence electrons. The Morgan fingerprint density at radius 1 is 1.38 bits per heavy atom. The number of aromatic nitrogens is 2. The van der Waals surface area contributed by atoms with Gasteiger partial charge in [-0.2, -0.15) is 9.40 Å². The maximum absolute atomic E-state index is 12.6. The summed E-state index contributed by atoms with van der Waals surface area (Å²) in [6, 6.07) is 0.666. The van der Waals surface area contributed by atoms with Crippen LogP contribution in [0.25, 0.3) is 0 Å². The highest BCUT2D eigenvalue weighted by atomic mass is 32.2. The second-order valence-corrected chi connectivity index (χ2v) is 8.03. The minimum atomic E-state index is -3.36. The number of nitrogens with zero attached hydrogens (tertiary/aromatic N) is 3. The monoisotopic (exact) mass is 312 g/mol. The molecule has 0 aromatic carbocycles. The molecule has 6 nitrogen and oxygen atoms in total. The fourth-order valence-corrected chi connectivity index (χ4v) is 4.25. The zero-order valence-corrected chi connectivity index (χ0v) is 13.3. The van der Waals surface area contributed by atoms with Crippen LogP contribution >= 0.6 is 0 Å². The van der Waals surface area contributed by atoms with Gasteiger partial charge in [-0.1, -0.05) is 13.3 Å². The van der Waals surface area contributed by atoms with E-state index < -0.39 is 10.0 Å². The van der Waals surface area contributed by atoms with E-state index in [2.05, 4.69) is 17.3 Å². The molecule has 1 saturated heterocycles. The van der Waals surface area contributed by atoms with Gasteiger partial charge in [-0.15, -0.1) is 0 Å². The van der Waals surface area contributed by atoms with Crippen molar-refractivity contribution in [2.24, 2.45) is 5.92 Å². The maximum Gasteiger partial charge on any atom is 0.246 e. The molecule has 1 saturated carbocycles. The molecule has 1 aromatic rings. The fraction of sp³-hybridized carbons (Fsp3) is 0.786. The Bertz CT molecular complexity index is 580. The van der Waals surface area contributed by atoms with Gasteiger partial charge in [0.05, 0.1) is 12.7 Å². The fourth-order valence-electron chi connectivity index (χ4n) is 2.77. The van der Waals surface area contributed by atoms with Gasteiger partial charge in [0.1, 0.15) is 4.90 Å². The number of nitrogens with one attached hydrogen (secondary N) is 1. The highest BCUT2D eigenvalue weighted by Crippen LogP contribution is 2.25. The van der Waals surface area contributed by atoms with Crippen LogP contribution in [-0.2, 0) is 16.6 Å². The molecule has 1 aromatic heterocycles. The third-order valence-corrected chi connectivity index (χ3v) is 6.24. The molecule has 1 unspecified atom stereocenters. The Morgan fingerprint density at radius 2 is 2.19 bits per heavy atom. The Hall–Kier alpha value is -0.920. The molecule has 1 atom stereocenters. The van der Waals surface area contributed by atoms with Crippen LogP contribution in [0.4, 0.5) is 0 Å². The number of rotatable bonds is 7. The molecule has 0 spiro atoms. The second kappa shape index (κ2) is 6.06. The Labute approximate surface area is 126 Å². The molecule has 21 heavy (non-hydrogen) atoms. The largest absolute Gasteiger partial charge is 0.312 e. The van der Waals surface area contributed by atoms with Gasteiger partial charge in [0, 0.05) is 31.9 Å². The first-order chi connectivity index (χ1) is 10.1. The number of hydrogen-bond donors (Lipinski definition) is 1. The Kier molecular flexibility index (Phi) is 4.33. The van der Waals surface area contributed by atoms with Crippen LogP contribution in [0.3, 0.4) is 0 Å². The average Bonchev–Trinajstić information content (AvgIpc) is 2.97. The van der Waals surface area contributed by atoms with Crippen LogP contribution in [0.2, 0.25) is 0 Å². The lowest BCUT2D eigenvalue weighted by atomic mass is 10.1. The summed E-state index contributed by atoms with van der Waals surface area (Å²) in [7, 11) is -3.36. The third kappa shape index (κ3) is 3.46. The van der Waals surface area contributed by atoms with E-state index >= 15 is 0 Å². The molecule has 1 aliphatic heterocycles. The van der Waals surface area contributed by atoms with Gasteiger partial charge in [-0.3, -0.25) is 4.68 Å². The van der Waals surface area contributed by atoms with Crippen molar-refractivity contribution in [3.05, 3.63) is 12.4 Å². The summed E-state index contributed by atoms with van der Waals surface area (Å²) in [5.41, 5.74) is 0. The lowest BCUT2D eigenvalue weighted by Crippen LogP contribution is -2.28. The summed E-state index contributed by atoms with van der Waals surface area (Å²) in [5, 5.41) is 7.58. The molecular formula is C14H24N4O2S. The van der Waals surface area contributed by atoms with Gasteiger partial charge in [-0.05, 0) is 25.2 Å². The van der Waals surface area contributed by atoms with Crippen molar-refractivity contribution in [1.82, 2.24) is 19.4 Å². The first kappa shape index (κ1) is 15.0. The summed E-state index contributed by atoms with van der Waals surface area (Å²) >= 11 is 0. The first-order valence-corrected chi connectivity index (χ1v) is 9.29. The van der Waals surface area contributed by atoms with E-state index in [1.54, 1.807) is 15.2 Å². The predicted octanol–water partition coefficient (Wildman–Crippen LogP) is 1.06. The minimum absolute atomic E-state index is 0.325. The lowest BCUT2D eigenvalue weighted by Gasteiger charge is -2.14. The van der Waals surface area contributed by atoms with Crippen LogP contribution in [-0.4, -0.2) is 48.2 Å². The minimum Gasteiger partial charge on any atom is -0.312 e. The molecule has 1 aliphatic carbocycles. The van der Waals surface area contributed by atoms with E-state index in [-0.39, 0.29) is 0 Å². The van der Waals surface area contributed by atoms with Gasteiger partial charge in [0.2, 0.25) is 10.0 Å². The normalized spacial score (nSPS) is 23.8. The van der Waals surface area contributed by atoms with Crippen molar-refractivity contribution in [1.29, 1.82) is 0 Å². The van der Waals surface area contributed by atoms with Crippen LogP contribution in [0.5, 0.6) is 0 Å². The van der Waals surface area contributed by atoms with Crippen LogP contribution in [0, 0.1) is 5.92 Å². The van der Waals surface area contributed by atoms with Gasteiger partial charge < -0.3 is 5.32 Å². The first-order valence-electron chi connectivity index (χ1n) is 7.85. The summed E-state index contributed by atoms with van der Waals surface area (Å²) < 4.78 is 28.4.